The van der Waals surface area contributed by atoms with E-state index in [0.29, 0.717) is 26.2 Å². The van der Waals surface area contributed by atoms with Crippen LogP contribution in [0.15, 0.2) is 72.8 Å². The molecule has 0 amide bonds. The van der Waals surface area contributed by atoms with Crippen LogP contribution in [0.3, 0.4) is 0 Å². The number of esters is 1. The second kappa shape index (κ2) is 11.0. The molecule has 0 saturated heterocycles. The molecule has 3 aromatic carbocycles. The van der Waals surface area contributed by atoms with Crippen molar-refractivity contribution in [3.8, 4) is 16.9 Å². The Morgan fingerprint density at radius 1 is 0.939 bits per heavy atom. The molecule has 4 nitrogen and oxygen atoms in total. The lowest BCUT2D eigenvalue weighted by molar-refractivity contribution is -0.156. The number of rotatable bonds is 10. The van der Waals surface area contributed by atoms with Gasteiger partial charge in [0, 0.05) is 13.0 Å². The Labute approximate surface area is 195 Å². The summed E-state index contributed by atoms with van der Waals surface area (Å²) in [5.74, 6) is 0.470. The first kappa shape index (κ1) is 22.8. The van der Waals surface area contributed by atoms with Crippen molar-refractivity contribution in [2.75, 3.05) is 19.8 Å². The average molecular weight is 443 g/mol. The van der Waals surface area contributed by atoms with Crippen molar-refractivity contribution < 1.29 is 19.0 Å². The molecular formula is C29H30O4. The molecule has 0 radical (unpaired) electrons. The molecule has 1 aliphatic rings. The van der Waals surface area contributed by atoms with E-state index in [2.05, 4.69) is 48.5 Å². The van der Waals surface area contributed by atoms with Gasteiger partial charge in [0.25, 0.3) is 0 Å². The van der Waals surface area contributed by atoms with E-state index in [1.807, 2.05) is 37.3 Å². The summed E-state index contributed by atoms with van der Waals surface area (Å²) >= 11 is 0. The van der Waals surface area contributed by atoms with Crippen LogP contribution in [0.4, 0.5) is 0 Å². The molecule has 33 heavy (non-hydrogen) atoms. The molecule has 4 heteroatoms. The van der Waals surface area contributed by atoms with Crippen LogP contribution in [0.5, 0.6) is 5.75 Å². The lowest BCUT2D eigenvalue weighted by Crippen LogP contribution is -2.28. The van der Waals surface area contributed by atoms with Gasteiger partial charge in [-0.2, -0.15) is 0 Å². The van der Waals surface area contributed by atoms with Gasteiger partial charge in [0.2, 0.25) is 0 Å². The molecule has 0 fully saturated rings. The standard InChI is InChI=1S/C29H30O4/c1-3-31-28(29(30)32-4-2)19-22-11-14-25(15-12-22)33-17-7-8-21-13-16-27-24(18-21)20-23-9-5-6-10-26(23)27/h5-16,18,28H,3-4,17,19-20H2,1-2H3/b8-7+/t28-/m0/s1. The van der Waals surface area contributed by atoms with Crippen molar-refractivity contribution in [3.05, 3.63) is 95.1 Å². The summed E-state index contributed by atoms with van der Waals surface area (Å²) in [7, 11) is 0. The Morgan fingerprint density at radius 2 is 1.73 bits per heavy atom. The fraction of sp³-hybridized carbons (Fsp3) is 0.276. The number of carbonyl (C=O) groups is 1. The minimum atomic E-state index is -0.579. The van der Waals surface area contributed by atoms with E-state index in [1.54, 1.807) is 6.92 Å². The second-order valence-corrected chi connectivity index (χ2v) is 8.01. The summed E-state index contributed by atoms with van der Waals surface area (Å²) in [5.41, 5.74) is 7.65. The second-order valence-electron chi connectivity index (χ2n) is 8.01. The highest BCUT2D eigenvalue weighted by Crippen LogP contribution is 2.36. The number of hydrogen-bond donors (Lipinski definition) is 0. The van der Waals surface area contributed by atoms with Crippen molar-refractivity contribution in [3.63, 3.8) is 0 Å². The molecule has 0 heterocycles. The molecular weight excluding hydrogens is 412 g/mol. The molecule has 4 rings (SSSR count). The summed E-state index contributed by atoms with van der Waals surface area (Å²) in [5, 5.41) is 0. The summed E-state index contributed by atoms with van der Waals surface area (Å²) in [6.45, 7) is 4.97. The van der Waals surface area contributed by atoms with E-state index in [9.17, 15) is 4.79 Å². The van der Waals surface area contributed by atoms with Crippen LogP contribution < -0.4 is 4.74 Å². The number of carbonyl (C=O) groups excluding carboxylic acids is 1. The van der Waals surface area contributed by atoms with Gasteiger partial charge in [-0.25, -0.2) is 4.79 Å². The molecule has 0 saturated carbocycles. The van der Waals surface area contributed by atoms with Gasteiger partial charge < -0.3 is 14.2 Å². The normalized spacial score (nSPS) is 12.9. The third kappa shape index (κ3) is 5.71. The Hall–Kier alpha value is -3.37. The van der Waals surface area contributed by atoms with E-state index in [-0.39, 0.29) is 5.97 Å². The number of hydrogen-bond acceptors (Lipinski definition) is 4. The Balaban J connectivity index is 1.29. The van der Waals surface area contributed by atoms with Crippen LogP contribution in [0.1, 0.15) is 36.1 Å². The van der Waals surface area contributed by atoms with E-state index in [1.165, 1.54) is 27.8 Å². The molecule has 0 spiro atoms. The average Bonchev–Trinajstić information content (AvgIpc) is 3.20. The maximum absolute atomic E-state index is 12.0. The molecule has 0 aromatic heterocycles. The van der Waals surface area contributed by atoms with Crippen molar-refractivity contribution in [2.24, 2.45) is 0 Å². The molecule has 1 aliphatic carbocycles. The van der Waals surface area contributed by atoms with E-state index in [4.69, 9.17) is 14.2 Å². The number of fused-ring (bicyclic) bond motifs is 3. The number of benzene rings is 3. The predicted octanol–water partition coefficient (Wildman–Crippen LogP) is 5.86. The van der Waals surface area contributed by atoms with E-state index >= 15 is 0 Å². The Kier molecular flexibility index (Phi) is 7.59. The van der Waals surface area contributed by atoms with Gasteiger partial charge >= 0.3 is 5.97 Å². The van der Waals surface area contributed by atoms with Crippen LogP contribution in [-0.4, -0.2) is 31.9 Å². The summed E-state index contributed by atoms with van der Waals surface area (Å²) in [6.07, 6.45) is 5.03. The first-order valence-corrected chi connectivity index (χ1v) is 11.6. The summed E-state index contributed by atoms with van der Waals surface area (Å²) < 4.78 is 16.5. The van der Waals surface area contributed by atoms with Gasteiger partial charge in [-0.15, -0.1) is 0 Å². The van der Waals surface area contributed by atoms with Gasteiger partial charge in [0.15, 0.2) is 6.10 Å². The van der Waals surface area contributed by atoms with Gasteiger partial charge in [-0.1, -0.05) is 60.7 Å². The van der Waals surface area contributed by atoms with Crippen molar-refractivity contribution >= 4 is 12.0 Å². The molecule has 3 aromatic rings. The fourth-order valence-corrected chi connectivity index (χ4v) is 4.18. The summed E-state index contributed by atoms with van der Waals surface area (Å²) in [4.78, 5) is 12.0. The minimum absolute atomic E-state index is 0.319. The van der Waals surface area contributed by atoms with Crippen molar-refractivity contribution in [1.29, 1.82) is 0 Å². The zero-order valence-electron chi connectivity index (χ0n) is 19.3. The highest BCUT2D eigenvalue weighted by atomic mass is 16.6. The largest absolute Gasteiger partial charge is 0.490 e. The minimum Gasteiger partial charge on any atom is -0.490 e. The van der Waals surface area contributed by atoms with Crippen LogP contribution in [-0.2, 0) is 27.1 Å². The lowest BCUT2D eigenvalue weighted by atomic mass is 10.0. The van der Waals surface area contributed by atoms with Crippen LogP contribution in [0.25, 0.3) is 17.2 Å². The third-order valence-electron chi connectivity index (χ3n) is 5.74. The first-order chi connectivity index (χ1) is 16.2. The smallest absolute Gasteiger partial charge is 0.335 e. The van der Waals surface area contributed by atoms with E-state index < -0.39 is 6.10 Å². The zero-order chi connectivity index (χ0) is 23.0. The molecule has 0 N–H and O–H groups in total. The van der Waals surface area contributed by atoms with Crippen LogP contribution in [0.2, 0.25) is 0 Å². The highest BCUT2D eigenvalue weighted by molar-refractivity contribution is 5.78. The third-order valence-corrected chi connectivity index (χ3v) is 5.74. The first-order valence-electron chi connectivity index (χ1n) is 11.6. The number of ether oxygens (including phenoxy) is 3. The van der Waals surface area contributed by atoms with E-state index in [0.717, 1.165) is 17.7 Å². The summed E-state index contributed by atoms with van der Waals surface area (Å²) in [6, 6.07) is 23.0. The molecule has 1 atom stereocenters. The maximum Gasteiger partial charge on any atom is 0.335 e. The predicted molar refractivity (Wildman–Crippen MR) is 131 cm³/mol. The topological polar surface area (TPSA) is 44.8 Å². The van der Waals surface area contributed by atoms with Crippen molar-refractivity contribution in [2.45, 2.75) is 32.8 Å². The molecule has 0 aliphatic heterocycles. The fourth-order valence-electron chi connectivity index (χ4n) is 4.18. The van der Waals surface area contributed by atoms with Gasteiger partial charge in [0.1, 0.15) is 12.4 Å². The SMILES string of the molecule is CCOC(=O)[C@H](Cc1ccc(OC/C=C/c2ccc3c(c2)Cc2ccccc2-3)cc1)OCC. The van der Waals surface area contributed by atoms with Gasteiger partial charge in [-0.3, -0.25) is 0 Å². The van der Waals surface area contributed by atoms with Gasteiger partial charge in [0.05, 0.1) is 6.61 Å². The molecule has 0 bridgehead atoms. The lowest BCUT2D eigenvalue weighted by Gasteiger charge is -2.15. The molecule has 0 unspecified atom stereocenters. The quantitative estimate of drug-likeness (QED) is 0.289. The Bertz CT molecular complexity index is 1110. The van der Waals surface area contributed by atoms with Gasteiger partial charge in [-0.05, 0) is 71.9 Å². The Morgan fingerprint density at radius 3 is 2.52 bits per heavy atom. The van der Waals surface area contributed by atoms with Crippen LogP contribution >= 0.6 is 0 Å². The van der Waals surface area contributed by atoms with Crippen molar-refractivity contribution in [1.82, 2.24) is 0 Å². The monoisotopic (exact) mass is 442 g/mol. The highest BCUT2D eigenvalue weighted by Gasteiger charge is 2.20. The van der Waals surface area contributed by atoms with Crippen LogP contribution in [0, 0.1) is 0 Å². The molecule has 170 valence electrons. The maximum atomic E-state index is 12.0. The zero-order valence-corrected chi connectivity index (χ0v) is 19.3.